The van der Waals surface area contributed by atoms with Crippen LogP contribution in [0.1, 0.15) is 25.1 Å². The predicted octanol–water partition coefficient (Wildman–Crippen LogP) is 2.86. The largest absolute Gasteiger partial charge is 0.329 e. The highest BCUT2D eigenvalue weighted by Gasteiger charge is 2.30. The van der Waals surface area contributed by atoms with Crippen LogP contribution < -0.4 is 5.73 Å². The monoisotopic (exact) mass is 283 g/mol. The molecule has 0 saturated carbocycles. The Kier molecular flexibility index (Phi) is 5.48. The van der Waals surface area contributed by atoms with E-state index in [4.69, 9.17) is 5.73 Å². The van der Waals surface area contributed by atoms with E-state index in [1.165, 1.54) is 5.56 Å². The van der Waals surface area contributed by atoms with Crippen LogP contribution in [0.4, 0.5) is 0 Å². The van der Waals surface area contributed by atoms with Crippen LogP contribution in [0.3, 0.4) is 0 Å². The Morgan fingerprint density at radius 3 is 2.38 bits per heavy atom. The maximum atomic E-state index is 6.12. The van der Waals surface area contributed by atoms with Crippen LogP contribution >= 0.6 is 0 Å². The molecule has 1 atom stereocenters. The SMILES string of the molecule is CCN(Cc1ccccn1)C(C)(CN)Cc1ccccc1. The fraction of sp³-hybridized carbons (Fsp3) is 0.389. The molecule has 1 aromatic carbocycles. The van der Waals surface area contributed by atoms with Gasteiger partial charge in [-0.2, -0.15) is 0 Å². The molecule has 0 fully saturated rings. The zero-order valence-electron chi connectivity index (χ0n) is 13.0. The molecule has 0 spiro atoms. The highest BCUT2D eigenvalue weighted by molar-refractivity contribution is 5.18. The van der Waals surface area contributed by atoms with Crippen molar-refractivity contribution in [1.29, 1.82) is 0 Å². The summed E-state index contributed by atoms with van der Waals surface area (Å²) >= 11 is 0. The number of hydrogen-bond donors (Lipinski definition) is 1. The van der Waals surface area contributed by atoms with Crippen molar-refractivity contribution in [2.24, 2.45) is 5.73 Å². The molecule has 0 bridgehead atoms. The smallest absolute Gasteiger partial charge is 0.0544 e. The van der Waals surface area contributed by atoms with Crippen molar-refractivity contribution >= 4 is 0 Å². The fourth-order valence-corrected chi connectivity index (χ4v) is 2.72. The minimum atomic E-state index is -0.0619. The van der Waals surface area contributed by atoms with Crippen LogP contribution in [0.2, 0.25) is 0 Å². The van der Waals surface area contributed by atoms with E-state index in [0.717, 1.165) is 25.2 Å². The average molecular weight is 283 g/mol. The van der Waals surface area contributed by atoms with Crippen LogP contribution in [0.5, 0.6) is 0 Å². The second kappa shape index (κ2) is 7.34. The molecule has 1 heterocycles. The van der Waals surface area contributed by atoms with Crippen molar-refractivity contribution < 1.29 is 0 Å². The van der Waals surface area contributed by atoms with Gasteiger partial charge in [0, 0.05) is 24.8 Å². The molecule has 0 aliphatic heterocycles. The number of benzene rings is 1. The van der Waals surface area contributed by atoms with E-state index in [0.29, 0.717) is 6.54 Å². The molecule has 3 heteroatoms. The molecular formula is C18H25N3. The standard InChI is InChI=1S/C18H25N3/c1-3-21(14-17-11-7-8-12-20-17)18(2,15-19)13-16-9-5-4-6-10-16/h4-12H,3,13-15,19H2,1-2H3. The molecule has 2 N–H and O–H groups in total. The Hall–Kier alpha value is -1.71. The summed E-state index contributed by atoms with van der Waals surface area (Å²) in [5.41, 5.74) is 8.47. The molecular weight excluding hydrogens is 258 g/mol. The van der Waals surface area contributed by atoms with E-state index in [2.05, 4.69) is 60.1 Å². The zero-order chi connectivity index (χ0) is 15.1. The first-order valence-electron chi connectivity index (χ1n) is 7.57. The molecule has 2 aromatic rings. The molecule has 112 valence electrons. The predicted molar refractivity (Wildman–Crippen MR) is 87.9 cm³/mol. The van der Waals surface area contributed by atoms with Gasteiger partial charge in [-0.15, -0.1) is 0 Å². The topological polar surface area (TPSA) is 42.2 Å². The lowest BCUT2D eigenvalue weighted by molar-refractivity contribution is 0.107. The summed E-state index contributed by atoms with van der Waals surface area (Å²) < 4.78 is 0. The normalized spacial score (nSPS) is 14.1. The van der Waals surface area contributed by atoms with Crippen molar-refractivity contribution in [3.05, 3.63) is 66.0 Å². The van der Waals surface area contributed by atoms with Gasteiger partial charge in [0.25, 0.3) is 0 Å². The highest BCUT2D eigenvalue weighted by atomic mass is 15.2. The molecule has 2 rings (SSSR count). The Balaban J connectivity index is 2.16. The van der Waals surface area contributed by atoms with Crippen molar-refractivity contribution in [1.82, 2.24) is 9.88 Å². The van der Waals surface area contributed by atoms with Gasteiger partial charge < -0.3 is 5.73 Å². The summed E-state index contributed by atoms with van der Waals surface area (Å²) in [4.78, 5) is 6.86. The van der Waals surface area contributed by atoms with Crippen molar-refractivity contribution in [3.8, 4) is 0 Å². The first-order valence-corrected chi connectivity index (χ1v) is 7.57. The molecule has 0 aliphatic carbocycles. The molecule has 3 nitrogen and oxygen atoms in total. The molecule has 21 heavy (non-hydrogen) atoms. The van der Waals surface area contributed by atoms with Gasteiger partial charge in [-0.3, -0.25) is 9.88 Å². The molecule has 0 saturated heterocycles. The quantitative estimate of drug-likeness (QED) is 0.849. The Labute approximate surface area is 127 Å². The first-order chi connectivity index (χ1) is 10.2. The van der Waals surface area contributed by atoms with Crippen LogP contribution in [-0.4, -0.2) is 28.5 Å². The van der Waals surface area contributed by atoms with Crippen molar-refractivity contribution in [3.63, 3.8) is 0 Å². The molecule has 1 aromatic heterocycles. The fourth-order valence-electron chi connectivity index (χ4n) is 2.72. The van der Waals surface area contributed by atoms with Gasteiger partial charge in [-0.25, -0.2) is 0 Å². The van der Waals surface area contributed by atoms with Crippen LogP contribution in [0.25, 0.3) is 0 Å². The zero-order valence-corrected chi connectivity index (χ0v) is 13.0. The third-order valence-electron chi connectivity index (χ3n) is 4.09. The second-order valence-electron chi connectivity index (χ2n) is 5.70. The summed E-state index contributed by atoms with van der Waals surface area (Å²) in [5, 5.41) is 0. The molecule has 0 radical (unpaired) electrons. The first kappa shape index (κ1) is 15.7. The number of pyridine rings is 1. The van der Waals surface area contributed by atoms with E-state index in [1.54, 1.807) is 0 Å². The van der Waals surface area contributed by atoms with Gasteiger partial charge in [-0.1, -0.05) is 43.3 Å². The van der Waals surface area contributed by atoms with E-state index in [1.807, 2.05) is 18.3 Å². The van der Waals surface area contributed by atoms with Gasteiger partial charge in [0.1, 0.15) is 0 Å². The molecule has 1 unspecified atom stereocenters. The Bertz CT molecular complexity index is 527. The maximum Gasteiger partial charge on any atom is 0.0544 e. The van der Waals surface area contributed by atoms with Gasteiger partial charge in [0.05, 0.1) is 5.69 Å². The molecule has 0 aliphatic rings. The van der Waals surface area contributed by atoms with Crippen LogP contribution in [0, 0.1) is 0 Å². The number of nitrogens with zero attached hydrogens (tertiary/aromatic N) is 2. The van der Waals surface area contributed by atoms with E-state index >= 15 is 0 Å². The van der Waals surface area contributed by atoms with Gasteiger partial charge in [0.15, 0.2) is 0 Å². The Morgan fingerprint density at radius 2 is 1.81 bits per heavy atom. The summed E-state index contributed by atoms with van der Waals surface area (Å²) in [7, 11) is 0. The minimum Gasteiger partial charge on any atom is -0.329 e. The third kappa shape index (κ3) is 4.13. The van der Waals surface area contributed by atoms with Gasteiger partial charge >= 0.3 is 0 Å². The van der Waals surface area contributed by atoms with Crippen LogP contribution in [0.15, 0.2) is 54.7 Å². The van der Waals surface area contributed by atoms with Crippen LogP contribution in [-0.2, 0) is 13.0 Å². The number of hydrogen-bond acceptors (Lipinski definition) is 3. The average Bonchev–Trinajstić information content (AvgIpc) is 2.54. The van der Waals surface area contributed by atoms with E-state index in [-0.39, 0.29) is 5.54 Å². The van der Waals surface area contributed by atoms with E-state index in [9.17, 15) is 0 Å². The Morgan fingerprint density at radius 1 is 1.10 bits per heavy atom. The number of aromatic nitrogens is 1. The number of likely N-dealkylation sites (N-methyl/N-ethyl adjacent to an activating group) is 1. The van der Waals surface area contributed by atoms with Gasteiger partial charge in [-0.05, 0) is 37.6 Å². The summed E-state index contributed by atoms with van der Waals surface area (Å²) in [6.07, 6.45) is 2.80. The summed E-state index contributed by atoms with van der Waals surface area (Å²) in [6.45, 7) is 6.84. The third-order valence-corrected chi connectivity index (χ3v) is 4.09. The second-order valence-corrected chi connectivity index (χ2v) is 5.70. The minimum absolute atomic E-state index is 0.0619. The lowest BCUT2D eigenvalue weighted by atomic mass is 9.90. The lowest BCUT2D eigenvalue weighted by Gasteiger charge is -2.40. The number of rotatable bonds is 7. The number of nitrogens with two attached hydrogens (primary N) is 1. The van der Waals surface area contributed by atoms with E-state index < -0.39 is 0 Å². The van der Waals surface area contributed by atoms with Crippen molar-refractivity contribution in [2.75, 3.05) is 13.1 Å². The molecule has 0 amide bonds. The summed E-state index contributed by atoms with van der Waals surface area (Å²) in [6, 6.07) is 16.6. The lowest BCUT2D eigenvalue weighted by Crippen LogP contribution is -2.52. The highest BCUT2D eigenvalue weighted by Crippen LogP contribution is 2.21. The van der Waals surface area contributed by atoms with Crippen molar-refractivity contribution in [2.45, 2.75) is 32.4 Å². The van der Waals surface area contributed by atoms with Gasteiger partial charge in [0.2, 0.25) is 0 Å². The summed E-state index contributed by atoms with van der Waals surface area (Å²) in [5.74, 6) is 0. The maximum absolute atomic E-state index is 6.12.